The Morgan fingerprint density at radius 2 is 2.06 bits per heavy atom. The van der Waals surface area contributed by atoms with Gasteiger partial charge in [0.2, 0.25) is 11.8 Å². The van der Waals surface area contributed by atoms with Crippen molar-refractivity contribution in [3.8, 4) is 0 Å². The average Bonchev–Trinajstić information content (AvgIpc) is 3.37. The summed E-state index contributed by atoms with van der Waals surface area (Å²) < 4.78 is 0. The van der Waals surface area contributed by atoms with Crippen molar-refractivity contribution in [1.82, 2.24) is 31.3 Å². The molecule has 0 aromatic heterocycles. The second kappa shape index (κ2) is 10.6. The molecule has 0 aromatic carbocycles. The molecule has 5 unspecified atom stereocenters. The molecule has 3 aliphatic heterocycles. The standard InChI is InChI=1S/C24H44N6O3/c1-16(11-21-28-26-15-29(21)3)17-5-4-6-19(12-17)27-22(31)20-13-18(7-9-25-20)23(32)30-10-8-24(2,33)14-30/h16-21,25-26,28,33H,4-15H2,1-3H3,(H,27,31)/t16-,17?,18?,19?,20?,21?,24+/m1/s1. The van der Waals surface area contributed by atoms with Crippen molar-refractivity contribution in [2.75, 3.05) is 33.4 Å². The number of likely N-dealkylation sites (tertiary alicyclic amines) is 1. The largest absolute Gasteiger partial charge is 0.388 e. The van der Waals surface area contributed by atoms with Crippen LogP contribution < -0.4 is 21.5 Å². The normalized spacial score (nSPS) is 38.9. The van der Waals surface area contributed by atoms with Gasteiger partial charge in [0.1, 0.15) is 0 Å². The van der Waals surface area contributed by atoms with Gasteiger partial charge in [-0.15, -0.1) is 0 Å². The molecule has 33 heavy (non-hydrogen) atoms. The van der Waals surface area contributed by atoms with Gasteiger partial charge in [-0.3, -0.25) is 14.5 Å². The summed E-state index contributed by atoms with van der Waals surface area (Å²) in [5.41, 5.74) is 5.78. The lowest BCUT2D eigenvalue weighted by atomic mass is 9.77. The molecular weight excluding hydrogens is 420 g/mol. The minimum Gasteiger partial charge on any atom is -0.388 e. The van der Waals surface area contributed by atoms with Crippen molar-refractivity contribution < 1.29 is 14.7 Å². The van der Waals surface area contributed by atoms with Crippen molar-refractivity contribution in [1.29, 1.82) is 0 Å². The molecule has 2 amide bonds. The zero-order chi connectivity index (χ0) is 23.6. The molecule has 4 aliphatic rings. The topological polar surface area (TPSA) is 109 Å². The maximum Gasteiger partial charge on any atom is 0.237 e. The molecule has 7 atom stereocenters. The van der Waals surface area contributed by atoms with Crippen LogP contribution in [0.1, 0.15) is 65.2 Å². The van der Waals surface area contributed by atoms with Crippen molar-refractivity contribution in [3.05, 3.63) is 0 Å². The van der Waals surface area contributed by atoms with E-state index in [1.54, 1.807) is 11.8 Å². The van der Waals surface area contributed by atoms with Crippen LogP contribution in [-0.2, 0) is 9.59 Å². The molecule has 1 aliphatic carbocycles. The Bertz CT molecular complexity index is 704. The highest BCUT2D eigenvalue weighted by atomic mass is 16.3. The van der Waals surface area contributed by atoms with Gasteiger partial charge in [0.15, 0.2) is 0 Å². The van der Waals surface area contributed by atoms with E-state index < -0.39 is 5.60 Å². The van der Waals surface area contributed by atoms with Gasteiger partial charge >= 0.3 is 0 Å². The van der Waals surface area contributed by atoms with E-state index in [1.807, 2.05) is 0 Å². The van der Waals surface area contributed by atoms with Crippen LogP contribution >= 0.6 is 0 Å². The second-order valence-electron chi connectivity index (χ2n) is 11.3. The summed E-state index contributed by atoms with van der Waals surface area (Å²) in [5, 5.41) is 16.9. The van der Waals surface area contributed by atoms with Gasteiger partial charge in [-0.2, -0.15) is 0 Å². The molecule has 9 nitrogen and oxygen atoms in total. The third-order valence-corrected chi connectivity index (χ3v) is 8.42. The number of hydrogen-bond donors (Lipinski definition) is 5. The number of rotatable bonds is 6. The fraction of sp³-hybridized carbons (Fsp3) is 0.917. The summed E-state index contributed by atoms with van der Waals surface area (Å²) in [6.45, 7) is 6.69. The first kappa shape index (κ1) is 24.9. The van der Waals surface area contributed by atoms with Crippen LogP contribution in [-0.4, -0.2) is 83.9 Å². The van der Waals surface area contributed by atoms with Crippen molar-refractivity contribution in [2.45, 2.75) is 89.1 Å². The number of carbonyl (C=O) groups is 2. The van der Waals surface area contributed by atoms with E-state index in [4.69, 9.17) is 0 Å². The van der Waals surface area contributed by atoms with Gasteiger partial charge in [-0.1, -0.05) is 19.8 Å². The van der Waals surface area contributed by atoms with Gasteiger partial charge in [0, 0.05) is 25.0 Å². The molecule has 188 valence electrons. The lowest BCUT2D eigenvalue weighted by molar-refractivity contribution is -0.137. The first-order valence-electron chi connectivity index (χ1n) is 13.0. The van der Waals surface area contributed by atoms with E-state index in [-0.39, 0.29) is 29.8 Å². The zero-order valence-corrected chi connectivity index (χ0v) is 20.6. The summed E-state index contributed by atoms with van der Waals surface area (Å²) >= 11 is 0. The fourth-order valence-electron chi connectivity index (χ4n) is 6.20. The second-order valence-corrected chi connectivity index (χ2v) is 11.3. The Hall–Kier alpha value is -1.26. The molecule has 1 saturated carbocycles. The molecule has 0 bridgehead atoms. The molecule has 9 heteroatoms. The SMILES string of the molecule is C[C@H](CC1NNCN1C)C1CCCC(NC(=O)C2CC(C(=O)N3CC[C@](C)(O)C3)CCN2)C1. The number of nitrogens with one attached hydrogen (secondary N) is 4. The lowest BCUT2D eigenvalue weighted by Crippen LogP contribution is -2.54. The van der Waals surface area contributed by atoms with E-state index in [9.17, 15) is 14.7 Å². The number of aliphatic hydroxyl groups is 1. The highest BCUT2D eigenvalue weighted by molar-refractivity contribution is 5.85. The van der Waals surface area contributed by atoms with Gasteiger partial charge in [0.25, 0.3) is 0 Å². The Morgan fingerprint density at radius 1 is 1.24 bits per heavy atom. The number of piperidine rings is 1. The van der Waals surface area contributed by atoms with Crippen LogP contribution in [0, 0.1) is 17.8 Å². The molecule has 0 spiro atoms. The third-order valence-electron chi connectivity index (χ3n) is 8.42. The van der Waals surface area contributed by atoms with Gasteiger partial charge < -0.3 is 20.6 Å². The number of hydrazine groups is 1. The number of amides is 2. The predicted molar refractivity (Wildman–Crippen MR) is 127 cm³/mol. The van der Waals surface area contributed by atoms with Gasteiger partial charge in [-0.25, -0.2) is 10.9 Å². The quantitative estimate of drug-likeness (QED) is 0.386. The van der Waals surface area contributed by atoms with Crippen LogP contribution in [0.5, 0.6) is 0 Å². The molecule has 4 fully saturated rings. The maximum atomic E-state index is 13.1. The predicted octanol–water partition coefficient (Wildman–Crippen LogP) is 0.362. The van der Waals surface area contributed by atoms with Gasteiger partial charge in [0.05, 0.1) is 24.5 Å². The molecule has 5 N–H and O–H groups in total. The summed E-state index contributed by atoms with van der Waals surface area (Å²) in [6.07, 6.45) is 7.85. The first-order chi connectivity index (χ1) is 15.7. The molecule has 4 rings (SSSR count). The Morgan fingerprint density at radius 3 is 2.76 bits per heavy atom. The van der Waals surface area contributed by atoms with Crippen LogP contribution in [0.3, 0.4) is 0 Å². The number of β-amino-alcohol motifs (C(OH)–C–C–N with tert-alkyl or cyclic N) is 1. The van der Waals surface area contributed by atoms with Gasteiger partial charge in [-0.05, 0) is 70.9 Å². The number of nitrogens with zero attached hydrogens (tertiary/aromatic N) is 2. The lowest BCUT2D eigenvalue weighted by Gasteiger charge is -2.36. The van der Waals surface area contributed by atoms with E-state index in [0.717, 1.165) is 38.8 Å². The highest BCUT2D eigenvalue weighted by Crippen LogP contribution is 2.33. The molecule has 0 radical (unpaired) electrons. The van der Waals surface area contributed by atoms with E-state index in [0.29, 0.717) is 50.5 Å². The fourth-order valence-corrected chi connectivity index (χ4v) is 6.20. The van der Waals surface area contributed by atoms with Crippen LogP contribution in [0.2, 0.25) is 0 Å². The average molecular weight is 465 g/mol. The van der Waals surface area contributed by atoms with E-state index in [2.05, 4.69) is 40.4 Å². The minimum absolute atomic E-state index is 0.0422. The molecule has 0 aromatic rings. The molecular formula is C24H44N6O3. The smallest absolute Gasteiger partial charge is 0.237 e. The summed E-state index contributed by atoms with van der Waals surface area (Å²) in [6, 6.07) is -0.0892. The first-order valence-corrected chi connectivity index (χ1v) is 13.0. The van der Waals surface area contributed by atoms with Crippen molar-refractivity contribution >= 4 is 11.8 Å². The van der Waals surface area contributed by atoms with Crippen molar-refractivity contribution in [3.63, 3.8) is 0 Å². The zero-order valence-electron chi connectivity index (χ0n) is 20.6. The Balaban J connectivity index is 1.25. The summed E-state index contributed by atoms with van der Waals surface area (Å²) in [4.78, 5) is 30.1. The van der Waals surface area contributed by atoms with Crippen LogP contribution in [0.25, 0.3) is 0 Å². The van der Waals surface area contributed by atoms with Crippen LogP contribution in [0.15, 0.2) is 0 Å². The highest BCUT2D eigenvalue weighted by Gasteiger charge is 2.39. The van der Waals surface area contributed by atoms with Crippen LogP contribution in [0.4, 0.5) is 0 Å². The maximum absolute atomic E-state index is 13.1. The summed E-state index contributed by atoms with van der Waals surface area (Å²) in [5.74, 6) is 1.22. The molecule has 3 saturated heterocycles. The number of hydrogen-bond acceptors (Lipinski definition) is 7. The van der Waals surface area contributed by atoms with E-state index >= 15 is 0 Å². The number of carbonyl (C=O) groups excluding carboxylic acids is 2. The van der Waals surface area contributed by atoms with Crippen molar-refractivity contribution in [2.24, 2.45) is 17.8 Å². The monoisotopic (exact) mass is 464 g/mol. The minimum atomic E-state index is -0.784. The Labute approximate surface area is 198 Å². The van der Waals surface area contributed by atoms with E-state index in [1.165, 1.54) is 6.42 Å². The summed E-state index contributed by atoms with van der Waals surface area (Å²) in [7, 11) is 2.13. The Kier molecular flexibility index (Phi) is 7.95. The molecule has 3 heterocycles. The third kappa shape index (κ3) is 6.25.